The standard InChI is InChI=1S/C18H24N4O3/c23-12-11-22-15(13-21-10-6-2-5-9-16(21)24)19-18(20-22)17(25)14-7-3-1-4-8-14/h1,3-4,7-8,17,23,25H,2,5-6,9-13H2/t17-/m0/s1. The fourth-order valence-electron chi connectivity index (χ4n) is 3.06. The maximum atomic E-state index is 12.2. The Kier molecular flexibility index (Phi) is 5.78. The first-order valence-corrected chi connectivity index (χ1v) is 8.74. The number of nitrogens with zero attached hydrogens (tertiary/aromatic N) is 4. The van der Waals surface area contributed by atoms with Crippen LogP contribution in [0.15, 0.2) is 30.3 Å². The molecule has 2 N–H and O–H groups in total. The smallest absolute Gasteiger partial charge is 0.222 e. The summed E-state index contributed by atoms with van der Waals surface area (Å²) in [6, 6.07) is 9.20. The van der Waals surface area contributed by atoms with E-state index in [1.165, 1.54) is 0 Å². The zero-order valence-corrected chi connectivity index (χ0v) is 14.2. The SMILES string of the molecule is O=C1CCCCCN1Cc1nc([C@@H](O)c2ccccc2)nn1CCO. The number of hydrogen-bond donors (Lipinski definition) is 2. The van der Waals surface area contributed by atoms with Gasteiger partial charge in [-0.15, -0.1) is 0 Å². The molecule has 1 aromatic heterocycles. The largest absolute Gasteiger partial charge is 0.394 e. The molecule has 0 unspecified atom stereocenters. The number of rotatable bonds is 6. The summed E-state index contributed by atoms with van der Waals surface area (Å²) in [5, 5.41) is 24.1. The number of aromatic nitrogens is 3. The van der Waals surface area contributed by atoms with Crippen molar-refractivity contribution in [3.05, 3.63) is 47.5 Å². The number of benzene rings is 1. The average Bonchev–Trinajstić information content (AvgIpc) is 2.91. The highest BCUT2D eigenvalue weighted by molar-refractivity contribution is 5.76. The lowest BCUT2D eigenvalue weighted by Gasteiger charge is -2.19. The van der Waals surface area contributed by atoms with E-state index in [1.54, 1.807) is 9.58 Å². The van der Waals surface area contributed by atoms with Crippen LogP contribution >= 0.6 is 0 Å². The van der Waals surface area contributed by atoms with Crippen molar-refractivity contribution in [3.63, 3.8) is 0 Å². The molecule has 0 spiro atoms. The average molecular weight is 344 g/mol. The lowest BCUT2D eigenvalue weighted by Crippen LogP contribution is -2.31. The number of aliphatic hydroxyl groups is 2. The van der Waals surface area contributed by atoms with Gasteiger partial charge < -0.3 is 15.1 Å². The van der Waals surface area contributed by atoms with Crippen molar-refractivity contribution in [1.82, 2.24) is 19.7 Å². The molecule has 1 aliphatic rings. The summed E-state index contributed by atoms with van der Waals surface area (Å²) < 4.78 is 1.58. The van der Waals surface area contributed by atoms with E-state index >= 15 is 0 Å². The molecule has 134 valence electrons. The molecule has 0 saturated carbocycles. The lowest BCUT2D eigenvalue weighted by molar-refractivity contribution is -0.131. The molecule has 1 aromatic carbocycles. The topological polar surface area (TPSA) is 91.5 Å². The number of carbonyl (C=O) groups is 1. The van der Waals surface area contributed by atoms with Crippen LogP contribution in [0.3, 0.4) is 0 Å². The molecule has 7 nitrogen and oxygen atoms in total. The third-order valence-electron chi connectivity index (χ3n) is 4.44. The van der Waals surface area contributed by atoms with Crippen molar-refractivity contribution in [3.8, 4) is 0 Å². The monoisotopic (exact) mass is 344 g/mol. The molecular weight excluding hydrogens is 320 g/mol. The Balaban J connectivity index is 1.83. The number of carbonyl (C=O) groups excluding carboxylic acids is 1. The normalized spacial score (nSPS) is 16.7. The molecule has 2 aromatic rings. The van der Waals surface area contributed by atoms with Gasteiger partial charge in [-0.05, 0) is 18.4 Å². The van der Waals surface area contributed by atoms with Gasteiger partial charge in [0.05, 0.1) is 19.7 Å². The second-order valence-electron chi connectivity index (χ2n) is 6.27. The van der Waals surface area contributed by atoms with Crippen LogP contribution in [0.1, 0.15) is 49.0 Å². The van der Waals surface area contributed by atoms with Crippen LogP contribution in [0.2, 0.25) is 0 Å². The molecular formula is C18H24N4O3. The van der Waals surface area contributed by atoms with Gasteiger partial charge in [0.15, 0.2) is 5.82 Å². The van der Waals surface area contributed by atoms with E-state index < -0.39 is 6.10 Å². The Bertz CT molecular complexity index is 702. The highest BCUT2D eigenvalue weighted by Crippen LogP contribution is 2.20. The molecule has 0 aliphatic carbocycles. The summed E-state index contributed by atoms with van der Waals surface area (Å²) in [6.45, 7) is 1.27. The fourth-order valence-corrected chi connectivity index (χ4v) is 3.06. The van der Waals surface area contributed by atoms with Crippen LogP contribution < -0.4 is 0 Å². The molecule has 3 rings (SSSR count). The minimum atomic E-state index is -0.931. The summed E-state index contributed by atoms with van der Waals surface area (Å²) in [5.41, 5.74) is 0.709. The van der Waals surface area contributed by atoms with Gasteiger partial charge in [0, 0.05) is 13.0 Å². The molecule has 25 heavy (non-hydrogen) atoms. The number of hydrogen-bond acceptors (Lipinski definition) is 5. The third-order valence-corrected chi connectivity index (χ3v) is 4.44. The zero-order valence-electron chi connectivity index (χ0n) is 14.2. The van der Waals surface area contributed by atoms with E-state index in [2.05, 4.69) is 10.1 Å². The minimum Gasteiger partial charge on any atom is -0.394 e. The summed E-state index contributed by atoms with van der Waals surface area (Å²) in [7, 11) is 0. The van der Waals surface area contributed by atoms with E-state index in [0.29, 0.717) is 30.9 Å². The molecule has 0 bridgehead atoms. The maximum absolute atomic E-state index is 12.2. The van der Waals surface area contributed by atoms with Gasteiger partial charge in [0.2, 0.25) is 5.91 Å². The van der Waals surface area contributed by atoms with Gasteiger partial charge >= 0.3 is 0 Å². The van der Waals surface area contributed by atoms with Crippen molar-refractivity contribution in [1.29, 1.82) is 0 Å². The van der Waals surface area contributed by atoms with Crippen molar-refractivity contribution < 1.29 is 15.0 Å². The van der Waals surface area contributed by atoms with Gasteiger partial charge in [-0.3, -0.25) is 4.79 Å². The maximum Gasteiger partial charge on any atom is 0.222 e. The van der Waals surface area contributed by atoms with E-state index in [0.717, 1.165) is 19.3 Å². The Hall–Kier alpha value is -2.25. The summed E-state index contributed by atoms with van der Waals surface area (Å²) >= 11 is 0. The predicted molar refractivity (Wildman–Crippen MR) is 91.5 cm³/mol. The van der Waals surface area contributed by atoms with Crippen molar-refractivity contribution in [2.24, 2.45) is 0 Å². The van der Waals surface area contributed by atoms with Crippen molar-refractivity contribution in [2.45, 2.75) is 44.9 Å². The Morgan fingerprint density at radius 3 is 2.72 bits per heavy atom. The first kappa shape index (κ1) is 17.6. The van der Waals surface area contributed by atoms with E-state index in [4.69, 9.17) is 0 Å². The van der Waals surface area contributed by atoms with Crippen molar-refractivity contribution >= 4 is 5.91 Å². The van der Waals surface area contributed by atoms with E-state index in [-0.39, 0.29) is 24.9 Å². The van der Waals surface area contributed by atoms with Gasteiger partial charge in [-0.25, -0.2) is 9.67 Å². The van der Waals surface area contributed by atoms with Gasteiger partial charge in [0.25, 0.3) is 0 Å². The highest BCUT2D eigenvalue weighted by Gasteiger charge is 2.22. The number of amides is 1. The molecule has 1 atom stereocenters. The van der Waals surface area contributed by atoms with E-state index in [9.17, 15) is 15.0 Å². The van der Waals surface area contributed by atoms with Crippen LogP contribution in [0, 0.1) is 0 Å². The minimum absolute atomic E-state index is 0.0782. The Labute approximate surface area is 146 Å². The Morgan fingerprint density at radius 1 is 1.16 bits per heavy atom. The van der Waals surface area contributed by atoms with Gasteiger partial charge in [0.1, 0.15) is 11.9 Å². The van der Waals surface area contributed by atoms with E-state index in [1.807, 2.05) is 30.3 Å². The van der Waals surface area contributed by atoms with Crippen LogP contribution in [0.25, 0.3) is 0 Å². The predicted octanol–water partition coefficient (Wildman–Crippen LogP) is 1.25. The Morgan fingerprint density at radius 2 is 1.96 bits per heavy atom. The molecule has 1 aliphatic heterocycles. The van der Waals surface area contributed by atoms with Crippen LogP contribution in [-0.4, -0.2) is 48.9 Å². The fraction of sp³-hybridized carbons (Fsp3) is 0.500. The highest BCUT2D eigenvalue weighted by atomic mass is 16.3. The quantitative estimate of drug-likeness (QED) is 0.823. The van der Waals surface area contributed by atoms with Crippen LogP contribution in [0.4, 0.5) is 0 Å². The number of aliphatic hydroxyl groups excluding tert-OH is 2. The second kappa shape index (κ2) is 8.22. The third kappa shape index (κ3) is 4.24. The molecule has 0 radical (unpaired) electrons. The summed E-state index contributed by atoms with van der Waals surface area (Å²) in [6.07, 6.45) is 2.60. The summed E-state index contributed by atoms with van der Waals surface area (Å²) in [5.74, 6) is 1.01. The first-order chi connectivity index (χ1) is 12.2. The van der Waals surface area contributed by atoms with Gasteiger partial charge in [-0.1, -0.05) is 36.8 Å². The molecule has 7 heteroatoms. The lowest BCUT2D eigenvalue weighted by atomic mass is 10.1. The van der Waals surface area contributed by atoms with Crippen molar-refractivity contribution in [2.75, 3.05) is 13.2 Å². The zero-order chi connectivity index (χ0) is 17.6. The van der Waals surface area contributed by atoms with Crippen LogP contribution in [-0.2, 0) is 17.9 Å². The number of likely N-dealkylation sites (tertiary alicyclic amines) is 1. The molecule has 2 heterocycles. The first-order valence-electron chi connectivity index (χ1n) is 8.74. The molecule has 1 saturated heterocycles. The molecule has 1 fully saturated rings. The van der Waals surface area contributed by atoms with Crippen LogP contribution in [0.5, 0.6) is 0 Å². The molecule has 1 amide bonds. The van der Waals surface area contributed by atoms with Gasteiger partial charge in [-0.2, -0.15) is 5.10 Å². The summed E-state index contributed by atoms with van der Waals surface area (Å²) in [4.78, 5) is 18.5. The second-order valence-corrected chi connectivity index (χ2v) is 6.27.